The van der Waals surface area contributed by atoms with E-state index in [4.69, 9.17) is 0 Å². The van der Waals surface area contributed by atoms with Gasteiger partial charge in [0.2, 0.25) is 0 Å². The van der Waals surface area contributed by atoms with Crippen LogP contribution < -0.4 is 0 Å². The van der Waals surface area contributed by atoms with E-state index in [1.165, 1.54) is 24.2 Å². The van der Waals surface area contributed by atoms with Gasteiger partial charge in [-0.25, -0.2) is 4.98 Å². The molecule has 2 aromatic rings. The smallest absolute Gasteiger partial charge is 0.302 e. The summed E-state index contributed by atoms with van der Waals surface area (Å²) in [5.41, 5.74) is 0. The van der Waals surface area contributed by atoms with E-state index in [-0.39, 0.29) is 0 Å². The monoisotopic (exact) mass is 311 g/mol. The van der Waals surface area contributed by atoms with Gasteiger partial charge in [0, 0.05) is 24.9 Å². The second kappa shape index (κ2) is 5.97. The second-order valence-corrected chi connectivity index (χ2v) is 5.77. The summed E-state index contributed by atoms with van der Waals surface area (Å²) in [5.74, 6) is 2.11. The predicted octanol–water partition coefficient (Wildman–Crippen LogP) is 3.23. The first-order chi connectivity index (χ1) is 10.2. The molecule has 0 aliphatic heterocycles. The van der Waals surface area contributed by atoms with E-state index in [0.717, 1.165) is 28.4 Å². The number of alkyl halides is 2. The van der Waals surface area contributed by atoms with Gasteiger partial charge in [-0.2, -0.15) is 8.78 Å². The Kier molecular flexibility index (Phi) is 4.05. The van der Waals surface area contributed by atoms with Crippen molar-refractivity contribution in [2.24, 2.45) is 0 Å². The first-order valence-corrected chi connectivity index (χ1v) is 7.66. The van der Waals surface area contributed by atoms with Crippen LogP contribution in [0.3, 0.4) is 0 Å². The lowest BCUT2D eigenvalue weighted by Crippen LogP contribution is -2.05. The lowest BCUT2D eigenvalue weighted by Gasteiger charge is -2.08. The van der Waals surface area contributed by atoms with Crippen molar-refractivity contribution in [1.29, 1.82) is 0 Å². The third-order valence-electron chi connectivity index (χ3n) is 3.29. The zero-order valence-electron chi connectivity index (χ0n) is 11.3. The van der Waals surface area contributed by atoms with Gasteiger partial charge < -0.3 is 4.57 Å². The van der Waals surface area contributed by atoms with Crippen molar-refractivity contribution in [3.8, 4) is 0 Å². The molecule has 0 bridgehead atoms. The molecule has 5 nitrogen and oxygen atoms in total. The van der Waals surface area contributed by atoms with Gasteiger partial charge in [-0.1, -0.05) is 17.8 Å². The summed E-state index contributed by atoms with van der Waals surface area (Å²) in [6.07, 6.45) is 6.72. The molecule has 0 N–H and O–H groups in total. The Morgan fingerprint density at radius 2 is 2.24 bits per heavy atom. The van der Waals surface area contributed by atoms with E-state index in [9.17, 15) is 8.78 Å². The SMILES string of the molecule is C=CCn1c(SCc2nccn2C(F)F)nnc1C1CC1. The fourth-order valence-electron chi connectivity index (χ4n) is 2.11. The van der Waals surface area contributed by atoms with E-state index in [1.807, 2.05) is 4.57 Å². The Morgan fingerprint density at radius 1 is 1.43 bits per heavy atom. The normalized spacial score (nSPS) is 14.8. The molecule has 1 aliphatic rings. The molecule has 0 aromatic carbocycles. The summed E-state index contributed by atoms with van der Waals surface area (Å²) >= 11 is 1.37. The Bertz CT molecular complexity index is 632. The molecule has 1 fully saturated rings. The molecule has 2 aromatic heterocycles. The highest BCUT2D eigenvalue weighted by Crippen LogP contribution is 2.40. The Hall–Kier alpha value is -1.70. The molecule has 2 heterocycles. The van der Waals surface area contributed by atoms with E-state index < -0.39 is 6.55 Å². The second-order valence-electron chi connectivity index (χ2n) is 4.83. The Morgan fingerprint density at radius 3 is 2.90 bits per heavy atom. The minimum Gasteiger partial charge on any atom is -0.302 e. The van der Waals surface area contributed by atoms with Crippen molar-refractivity contribution in [3.05, 3.63) is 36.7 Å². The van der Waals surface area contributed by atoms with Crippen LogP contribution in [-0.4, -0.2) is 24.3 Å². The van der Waals surface area contributed by atoms with Crippen LogP contribution in [0.4, 0.5) is 8.78 Å². The van der Waals surface area contributed by atoms with Crippen molar-refractivity contribution >= 4 is 11.8 Å². The molecule has 1 aliphatic carbocycles. The van der Waals surface area contributed by atoms with Gasteiger partial charge in [-0.15, -0.1) is 16.8 Å². The van der Waals surface area contributed by atoms with Gasteiger partial charge in [-0.05, 0) is 12.8 Å². The van der Waals surface area contributed by atoms with Crippen LogP contribution in [0.1, 0.15) is 37.0 Å². The van der Waals surface area contributed by atoms with Gasteiger partial charge in [0.1, 0.15) is 11.6 Å². The molecule has 1 saturated carbocycles. The summed E-state index contributed by atoms with van der Waals surface area (Å²) in [6, 6.07) is 0. The maximum absolute atomic E-state index is 12.8. The third kappa shape index (κ3) is 2.99. The van der Waals surface area contributed by atoms with Crippen LogP contribution in [0, 0.1) is 0 Å². The Balaban J connectivity index is 1.75. The standard InChI is InChI=1S/C13H15F2N5S/c1-2-6-20-11(9-3-4-9)17-18-13(20)21-8-10-16-5-7-19(10)12(14)15/h2,5,7,9,12H,1,3-4,6,8H2. The fraction of sp³-hybridized carbons (Fsp3) is 0.462. The van der Waals surface area contributed by atoms with Crippen LogP contribution in [0.15, 0.2) is 30.2 Å². The number of aromatic nitrogens is 5. The molecule has 112 valence electrons. The number of hydrogen-bond acceptors (Lipinski definition) is 4. The van der Waals surface area contributed by atoms with Crippen molar-refractivity contribution in [2.45, 2.75) is 42.8 Å². The molecule has 0 amide bonds. The molecular weight excluding hydrogens is 296 g/mol. The lowest BCUT2D eigenvalue weighted by molar-refractivity contribution is 0.0678. The lowest BCUT2D eigenvalue weighted by atomic mass is 10.4. The quantitative estimate of drug-likeness (QED) is 0.582. The first kappa shape index (κ1) is 14.2. The summed E-state index contributed by atoms with van der Waals surface area (Å²) < 4.78 is 28.4. The van der Waals surface area contributed by atoms with Gasteiger partial charge in [0.25, 0.3) is 0 Å². The number of thioether (sulfide) groups is 1. The molecule has 0 atom stereocenters. The van der Waals surface area contributed by atoms with Crippen LogP contribution >= 0.6 is 11.8 Å². The van der Waals surface area contributed by atoms with Crippen LogP contribution in [0.5, 0.6) is 0 Å². The molecule has 0 unspecified atom stereocenters. The molecular formula is C13H15F2N5S. The summed E-state index contributed by atoms with van der Waals surface area (Å²) in [4.78, 5) is 3.97. The van der Waals surface area contributed by atoms with E-state index in [1.54, 1.807) is 6.08 Å². The Labute approximate surface area is 125 Å². The van der Waals surface area contributed by atoms with Crippen LogP contribution in [0.25, 0.3) is 0 Å². The number of hydrogen-bond donors (Lipinski definition) is 0. The van der Waals surface area contributed by atoms with E-state index in [0.29, 0.717) is 24.0 Å². The highest BCUT2D eigenvalue weighted by Gasteiger charge is 2.30. The summed E-state index contributed by atoms with van der Waals surface area (Å²) in [7, 11) is 0. The van der Waals surface area contributed by atoms with Crippen LogP contribution in [-0.2, 0) is 12.3 Å². The number of imidazole rings is 1. The largest absolute Gasteiger partial charge is 0.319 e. The highest BCUT2D eigenvalue weighted by molar-refractivity contribution is 7.98. The number of allylic oxidation sites excluding steroid dienone is 1. The average molecular weight is 311 g/mol. The molecule has 0 spiro atoms. The minimum absolute atomic E-state index is 0.330. The van der Waals surface area contributed by atoms with Crippen LogP contribution in [0.2, 0.25) is 0 Å². The molecule has 0 radical (unpaired) electrons. The van der Waals surface area contributed by atoms with E-state index in [2.05, 4.69) is 21.8 Å². The zero-order valence-corrected chi connectivity index (χ0v) is 12.1. The van der Waals surface area contributed by atoms with Gasteiger partial charge in [-0.3, -0.25) is 4.57 Å². The first-order valence-electron chi connectivity index (χ1n) is 6.67. The number of rotatable bonds is 7. The van der Waals surface area contributed by atoms with Crippen molar-refractivity contribution < 1.29 is 8.78 Å². The van der Waals surface area contributed by atoms with E-state index >= 15 is 0 Å². The fourth-order valence-corrected chi connectivity index (χ4v) is 3.02. The molecule has 0 saturated heterocycles. The summed E-state index contributed by atoms with van der Waals surface area (Å²) in [5, 5.41) is 9.12. The maximum atomic E-state index is 12.8. The minimum atomic E-state index is -2.57. The van der Waals surface area contributed by atoms with Crippen molar-refractivity contribution in [3.63, 3.8) is 0 Å². The van der Waals surface area contributed by atoms with Crippen molar-refractivity contribution in [2.75, 3.05) is 0 Å². The average Bonchev–Trinajstić information content (AvgIpc) is 3.05. The maximum Gasteiger partial charge on any atom is 0.319 e. The predicted molar refractivity (Wildman–Crippen MR) is 75.2 cm³/mol. The number of halogens is 2. The number of nitrogens with zero attached hydrogens (tertiary/aromatic N) is 5. The van der Waals surface area contributed by atoms with Crippen molar-refractivity contribution in [1.82, 2.24) is 24.3 Å². The molecule has 3 rings (SSSR count). The third-order valence-corrected chi connectivity index (χ3v) is 4.25. The highest BCUT2D eigenvalue weighted by atomic mass is 32.2. The molecule has 8 heteroatoms. The topological polar surface area (TPSA) is 48.5 Å². The van der Waals surface area contributed by atoms with Gasteiger partial charge >= 0.3 is 6.55 Å². The summed E-state index contributed by atoms with van der Waals surface area (Å²) in [6.45, 7) is 1.80. The zero-order chi connectivity index (χ0) is 14.8. The van der Waals surface area contributed by atoms with Gasteiger partial charge in [0.05, 0.1) is 5.75 Å². The van der Waals surface area contributed by atoms with Gasteiger partial charge in [0.15, 0.2) is 5.16 Å². The molecule has 21 heavy (non-hydrogen) atoms.